The molecule has 0 saturated carbocycles. The molecule has 0 aliphatic heterocycles. The van der Waals surface area contributed by atoms with Crippen LogP contribution in [-0.2, 0) is 0 Å². The van der Waals surface area contributed by atoms with Crippen molar-refractivity contribution in [2.45, 2.75) is 0 Å². The lowest BCUT2D eigenvalue weighted by molar-refractivity contribution is 1.37. The van der Waals surface area contributed by atoms with Gasteiger partial charge in [0.25, 0.3) is 0 Å². The highest BCUT2D eigenvalue weighted by atomic mass is 14.8. The largest absolute Gasteiger partial charge is 0.245 e. The second kappa shape index (κ2) is 13.8. The molecule has 0 unspecified atom stereocenters. The van der Waals surface area contributed by atoms with Gasteiger partial charge in [-0.25, -0.2) is 19.9 Å². The Hall–Kier alpha value is -8.08. The SMILES string of the molecule is c1cc(-c2cccc(-c3ccc4ccc5ccc(-c6cccc7ccccc67)nc5c4n3)c2)cc(-c2ccc3ccc4ccc(-c5cccc6ccccc56)nc4c3n2)c1. The van der Waals surface area contributed by atoms with Gasteiger partial charge in [-0.15, -0.1) is 0 Å². The zero-order chi connectivity index (χ0) is 39.6. The van der Waals surface area contributed by atoms with Gasteiger partial charge in [0.2, 0.25) is 0 Å². The van der Waals surface area contributed by atoms with Crippen molar-refractivity contribution in [2.24, 2.45) is 0 Å². The molecule has 4 nitrogen and oxygen atoms in total. The molecule has 0 atom stereocenters. The summed E-state index contributed by atoms with van der Waals surface area (Å²) in [4.78, 5) is 21.1. The molecular weight excluding hydrogens is 729 g/mol. The Labute approximate surface area is 346 Å². The van der Waals surface area contributed by atoms with Crippen LogP contribution in [0, 0.1) is 0 Å². The highest BCUT2D eigenvalue weighted by molar-refractivity contribution is 6.07. The van der Waals surface area contributed by atoms with Crippen molar-refractivity contribution in [2.75, 3.05) is 0 Å². The first-order valence-electron chi connectivity index (χ1n) is 20.3. The van der Waals surface area contributed by atoms with Crippen LogP contribution in [0.1, 0.15) is 0 Å². The van der Waals surface area contributed by atoms with Gasteiger partial charge in [-0.2, -0.15) is 0 Å². The van der Waals surface area contributed by atoms with Crippen LogP contribution in [0.4, 0.5) is 0 Å². The molecule has 12 rings (SSSR count). The second-order valence-corrected chi connectivity index (χ2v) is 15.4. The summed E-state index contributed by atoms with van der Waals surface area (Å²) in [6.45, 7) is 0. The average Bonchev–Trinajstić information content (AvgIpc) is 3.33. The molecule has 0 bridgehead atoms. The predicted molar refractivity (Wildman–Crippen MR) is 250 cm³/mol. The van der Waals surface area contributed by atoms with E-state index in [0.29, 0.717) is 0 Å². The van der Waals surface area contributed by atoms with Crippen molar-refractivity contribution in [1.82, 2.24) is 19.9 Å². The molecule has 0 radical (unpaired) electrons. The van der Waals surface area contributed by atoms with E-state index in [9.17, 15) is 0 Å². The normalized spacial score (nSPS) is 11.7. The number of pyridine rings is 4. The molecule has 0 aliphatic rings. The fourth-order valence-corrected chi connectivity index (χ4v) is 8.77. The van der Waals surface area contributed by atoms with E-state index in [2.05, 4.69) is 206 Å². The third-order valence-electron chi connectivity index (χ3n) is 11.8. The van der Waals surface area contributed by atoms with Crippen LogP contribution in [0.3, 0.4) is 0 Å². The smallest absolute Gasteiger partial charge is 0.0972 e. The van der Waals surface area contributed by atoms with Gasteiger partial charge < -0.3 is 0 Å². The Morgan fingerprint density at radius 3 is 0.967 bits per heavy atom. The van der Waals surface area contributed by atoms with E-state index in [1.165, 1.54) is 21.5 Å². The molecule has 8 aromatic carbocycles. The third-order valence-corrected chi connectivity index (χ3v) is 11.8. The molecule has 0 fully saturated rings. The van der Waals surface area contributed by atoms with Crippen molar-refractivity contribution in [3.05, 3.63) is 206 Å². The van der Waals surface area contributed by atoms with Gasteiger partial charge in [-0.05, 0) is 69.1 Å². The summed E-state index contributed by atoms with van der Waals surface area (Å²) >= 11 is 0. The summed E-state index contributed by atoms with van der Waals surface area (Å²) in [5, 5.41) is 9.04. The average molecular weight is 763 g/mol. The molecule has 4 aromatic heterocycles. The molecular formula is C56H34N4. The minimum atomic E-state index is 0.896. The zero-order valence-electron chi connectivity index (χ0n) is 32.4. The number of hydrogen-bond acceptors (Lipinski definition) is 4. The molecule has 0 saturated heterocycles. The molecule has 12 aromatic rings. The van der Waals surface area contributed by atoms with Gasteiger partial charge in [0.1, 0.15) is 0 Å². The molecule has 4 heteroatoms. The lowest BCUT2D eigenvalue weighted by Gasteiger charge is -2.11. The molecule has 0 spiro atoms. The van der Waals surface area contributed by atoms with E-state index in [1.54, 1.807) is 0 Å². The monoisotopic (exact) mass is 762 g/mol. The topological polar surface area (TPSA) is 51.6 Å². The van der Waals surface area contributed by atoms with Crippen LogP contribution in [0.15, 0.2) is 206 Å². The maximum absolute atomic E-state index is 5.29. The number of rotatable bonds is 5. The van der Waals surface area contributed by atoms with Crippen LogP contribution in [0.25, 0.3) is 121 Å². The molecule has 4 heterocycles. The van der Waals surface area contributed by atoms with Crippen molar-refractivity contribution >= 4 is 65.2 Å². The minimum Gasteiger partial charge on any atom is -0.245 e. The maximum atomic E-state index is 5.29. The van der Waals surface area contributed by atoms with E-state index >= 15 is 0 Å². The first-order chi connectivity index (χ1) is 29.7. The maximum Gasteiger partial charge on any atom is 0.0972 e. The van der Waals surface area contributed by atoms with Crippen LogP contribution < -0.4 is 0 Å². The number of hydrogen-bond donors (Lipinski definition) is 0. The third kappa shape index (κ3) is 5.77. The van der Waals surface area contributed by atoms with Crippen molar-refractivity contribution in [3.63, 3.8) is 0 Å². The number of fused-ring (bicyclic) bond motifs is 8. The number of benzene rings is 8. The highest BCUT2D eigenvalue weighted by Gasteiger charge is 2.14. The molecule has 60 heavy (non-hydrogen) atoms. The lowest BCUT2D eigenvalue weighted by Crippen LogP contribution is -1.92. The second-order valence-electron chi connectivity index (χ2n) is 15.4. The van der Waals surface area contributed by atoms with Crippen molar-refractivity contribution < 1.29 is 0 Å². The Morgan fingerprint density at radius 1 is 0.217 bits per heavy atom. The van der Waals surface area contributed by atoms with Crippen LogP contribution >= 0.6 is 0 Å². The minimum absolute atomic E-state index is 0.896. The van der Waals surface area contributed by atoms with Gasteiger partial charge in [0.05, 0.1) is 44.8 Å². The fraction of sp³-hybridized carbons (Fsp3) is 0. The Morgan fingerprint density at radius 2 is 0.533 bits per heavy atom. The van der Waals surface area contributed by atoms with Crippen LogP contribution in [-0.4, -0.2) is 19.9 Å². The summed E-state index contributed by atoms with van der Waals surface area (Å²) in [6, 6.07) is 72.7. The molecule has 0 aliphatic carbocycles. The standard InChI is InChI=1S/C56H34N4/c1-3-17-45-35(9-1)11-7-19-47(45)51-31-27-39-23-21-37-25-29-49(57-53(37)55(39)59-51)43-15-5-13-41(33-43)42-14-6-16-44(34-42)50-30-26-38-22-24-40-28-32-52(60-56(40)54(38)58-50)48-20-8-12-36-10-2-4-18-46(36)48/h1-34H. The molecule has 278 valence electrons. The van der Waals surface area contributed by atoms with E-state index in [4.69, 9.17) is 19.9 Å². The van der Waals surface area contributed by atoms with Crippen molar-refractivity contribution in [3.8, 4) is 56.2 Å². The van der Waals surface area contributed by atoms with Gasteiger partial charge in [-0.1, -0.05) is 170 Å². The summed E-state index contributed by atoms with van der Waals surface area (Å²) in [6.07, 6.45) is 0. The molecule has 0 amide bonds. The van der Waals surface area contributed by atoms with E-state index in [-0.39, 0.29) is 0 Å². The van der Waals surface area contributed by atoms with E-state index < -0.39 is 0 Å². The van der Waals surface area contributed by atoms with Gasteiger partial charge >= 0.3 is 0 Å². The zero-order valence-corrected chi connectivity index (χ0v) is 32.4. The van der Waals surface area contributed by atoms with Gasteiger partial charge in [0, 0.05) is 43.8 Å². The summed E-state index contributed by atoms with van der Waals surface area (Å²) < 4.78 is 0. The van der Waals surface area contributed by atoms with Crippen LogP contribution in [0.2, 0.25) is 0 Å². The van der Waals surface area contributed by atoms with E-state index in [1.807, 2.05) is 0 Å². The fourth-order valence-electron chi connectivity index (χ4n) is 8.77. The first kappa shape index (κ1) is 34.0. The van der Waals surface area contributed by atoms with E-state index in [0.717, 1.165) is 99.8 Å². The lowest BCUT2D eigenvalue weighted by atomic mass is 9.98. The Bertz CT molecular complexity index is 3430. The molecule has 0 N–H and O–H groups in total. The Balaban J connectivity index is 0.913. The summed E-state index contributed by atoms with van der Waals surface area (Å²) in [5.41, 5.74) is 13.8. The predicted octanol–water partition coefficient (Wildman–Crippen LogP) is 14.5. The summed E-state index contributed by atoms with van der Waals surface area (Å²) in [7, 11) is 0. The summed E-state index contributed by atoms with van der Waals surface area (Å²) in [5.74, 6) is 0. The van der Waals surface area contributed by atoms with Crippen molar-refractivity contribution in [1.29, 1.82) is 0 Å². The quantitative estimate of drug-likeness (QED) is 0.164. The Kier molecular flexibility index (Phi) is 7.82. The first-order valence-corrected chi connectivity index (χ1v) is 20.3. The number of nitrogens with zero attached hydrogens (tertiary/aromatic N) is 4. The van der Waals surface area contributed by atoms with Gasteiger partial charge in [-0.3, -0.25) is 0 Å². The highest BCUT2D eigenvalue weighted by Crippen LogP contribution is 2.35. The van der Waals surface area contributed by atoms with Crippen LogP contribution in [0.5, 0.6) is 0 Å². The number of aromatic nitrogens is 4. The van der Waals surface area contributed by atoms with Gasteiger partial charge in [0.15, 0.2) is 0 Å².